The maximum absolute atomic E-state index is 12.3. The number of rotatable bonds is 4. The topological polar surface area (TPSA) is 63.5 Å². The lowest BCUT2D eigenvalue weighted by atomic mass is 9.95. The highest BCUT2D eigenvalue weighted by Gasteiger charge is 2.39. The number of para-hydroxylation sites is 1. The van der Waals surface area contributed by atoms with Gasteiger partial charge < -0.3 is 19.8 Å². The first-order valence-electron chi connectivity index (χ1n) is 7.67. The molecule has 0 saturated carbocycles. The Kier molecular flexibility index (Phi) is 3.35. The van der Waals surface area contributed by atoms with E-state index in [1.54, 1.807) is 12.1 Å². The molecular formula is C17H18N2O3. The summed E-state index contributed by atoms with van der Waals surface area (Å²) in [6.07, 6.45) is 3.35. The van der Waals surface area contributed by atoms with E-state index in [1.165, 1.54) is 6.42 Å². The number of nitrogens with one attached hydrogen (secondary N) is 2. The molecule has 3 heterocycles. The average molecular weight is 298 g/mol. The summed E-state index contributed by atoms with van der Waals surface area (Å²) in [5, 5.41) is 6.56. The molecule has 1 aromatic carbocycles. The number of carbonyl (C=O) groups is 1. The lowest BCUT2D eigenvalue weighted by molar-refractivity contribution is 0.0898. The van der Waals surface area contributed by atoms with Gasteiger partial charge in [0.05, 0.1) is 0 Å². The fourth-order valence-corrected chi connectivity index (χ4v) is 3.32. The molecule has 1 amide bonds. The average Bonchev–Trinajstić information content (AvgIpc) is 3.24. The molecular weight excluding hydrogens is 280 g/mol. The summed E-state index contributed by atoms with van der Waals surface area (Å²) in [7, 11) is 0. The molecule has 114 valence electrons. The Morgan fingerprint density at radius 2 is 2.05 bits per heavy atom. The first-order chi connectivity index (χ1) is 10.8. The Bertz CT molecular complexity index is 668. The van der Waals surface area contributed by atoms with E-state index in [2.05, 4.69) is 10.6 Å². The summed E-state index contributed by atoms with van der Waals surface area (Å²) in [5.74, 6) is 1.11. The van der Waals surface area contributed by atoms with Crippen LogP contribution in [-0.2, 0) is 0 Å². The highest BCUT2D eigenvalue weighted by molar-refractivity contribution is 5.91. The molecule has 2 aliphatic rings. The third-order valence-electron chi connectivity index (χ3n) is 4.38. The van der Waals surface area contributed by atoms with Gasteiger partial charge in [-0.1, -0.05) is 18.2 Å². The van der Waals surface area contributed by atoms with Crippen molar-refractivity contribution in [3.63, 3.8) is 0 Å². The largest absolute Gasteiger partial charge is 0.426 e. The molecule has 0 radical (unpaired) electrons. The normalized spacial score (nSPS) is 26.1. The van der Waals surface area contributed by atoms with E-state index in [1.807, 2.05) is 30.3 Å². The van der Waals surface area contributed by atoms with Gasteiger partial charge in [0, 0.05) is 24.2 Å². The number of hydrogen-bond acceptors (Lipinski definition) is 4. The van der Waals surface area contributed by atoms with Crippen LogP contribution in [0.4, 0.5) is 0 Å². The van der Waals surface area contributed by atoms with Crippen molar-refractivity contribution in [1.82, 2.24) is 10.6 Å². The van der Waals surface area contributed by atoms with Crippen molar-refractivity contribution < 1.29 is 13.9 Å². The summed E-state index contributed by atoms with van der Waals surface area (Å²) >= 11 is 0. The van der Waals surface area contributed by atoms with Crippen molar-refractivity contribution >= 4 is 5.91 Å². The molecule has 0 unspecified atom stereocenters. The Morgan fingerprint density at radius 1 is 1.18 bits per heavy atom. The Labute approximate surface area is 128 Å². The number of fused-ring (bicyclic) bond motifs is 2. The zero-order valence-electron chi connectivity index (χ0n) is 12.1. The van der Waals surface area contributed by atoms with Gasteiger partial charge in [0.1, 0.15) is 5.75 Å². The van der Waals surface area contributed by atoms with Crippen LogP contribution in [0.1, 0.15) is 29.8 Å². The second kappa shape index (κ2) is 5.50. The molecule has 22 heavy (non-hydrogen) atoms. The van der Waals surface area contributed by atoms with Crippen LogP contribution in [0.3, 0.4) is 0 Å². The first-order valence-corrected chi connectivity index (χ1v) is 7.67. The van der Waals surface area contributed by atoms with Crippen LogP contribution in [0, 0.1) is 0 Å². The lowest BCUT2D eigenvalue weighted by Crippen LogP contribution is -2.42. The van der Waals surface area contributed by atoms with E-state index >= 15 is 0 Å². The van der Waals surface area contributed by atoms with Crippen LogP contribution < -0.4 is 15.4 Å². The van der Waals surface area contributed by atoms with Crippen molar-refractivity contribution in [2.24, 2.45) is 0 Å². The van der Waals surface area contributed by atoms with Crippen molar-refractivity contribution in [1.29, 1.82) is 0 Å². The summed E-state index contributed by atoms with van der Waals surface area (Å²) < 4.78 is 11.1. The van der Waals surface area contributed by atoms with Crippen LogP contribution in [0.5, 0.6) is 11.7 Å². The second-order valence-electron chi connectivity index (χ2n) is 5.90. The molecule has 3 atom stereocenters. The molecule has 2 aromatic rings. The van der Waals surface area contributed by atoms with E-state index in [0.717, 1.165) is 12.8 Å². The predicted molar refractivity (Wildman–Crippen MR) is 81.0 cm³/mol. The predicted octanol–water partition coefficient (Wildman–Crippen LogP) is 2.69. The van der Waals surface area contributed by atoms with Crippen LogP contribution >= 0.6 is 0 Å². The first kappa shape index (κ1) is 13.4. The molecule has 2 saturated heterocycles. The van der Waals surface area contributed by atoms with Crippen LogP contribution in [0.25, 0.3) is 0 Å². The maximum atomic E-state index is 12.3. The van der Waals surface area contributed by atoms with Gasteiger partial charge in [0.15, 0.2) is 5.76 Å². The van der Waals surface area contributed by atoms with Crippen molar-refractivity contribution in [2.75, 3.05) is 0 Å². The van der Waals surface area contributed by atoms with Gasteiger partial charge in [-0.15, -0.1) is 0 Å². The van der Waals surface area contributed by atoms with Gasteiger partial charge >= 0.3 is 0 Å². The van der Waals surface area contributed by atoms with Crippen LogP contribution in [0.2, 0.25) is 0 Å². The Morgan fingerprint density at radius 3 is 2.77 bits per heavy atom. The zero-order chi connectivity index (χ0) is 14.9. The summed E-state index contributed by atoms with van der Waals surface area (Å²) in [6.45, 7) is 0. The number of benzene rings is 1. The summed E-state index contributed by atoms with van der Waals surface area (Å²) in [5.41, 5.74) is 0. The molecule has 2 N–H and O–H groups in total. The quantitative estimate of drug-likeness (QED) is 0.911. The smallest absolute Gasteiger partial charge is 0.290 e. The van der Waals surface area contributed by atoms with Gasteiger partial charge in [0.25, 0.3) is 11.9 Å². The Balaban J connectivity index is 1.39. The number of furan rings is 1. The summed E-state index contributed by atoms with van der Waals surface area (Å²) in [6, 6.07) is 13.8. The van der Waals surface area contributed by atoms with E-state index in [4.69, 9.17) is 9.15 Å². The van der Waals surface area contributed by atoms with Crippen LogP contribution in [0.15, 0.2) is 46.9 Å². The van der Waals surface area contributed by atoms with Gasteiger partial charge in [-0.25, -0.2) is 0 Å². The molecule has 5 nitrogen and oxygen atoms in total. The fraction of sp³-hybridized carbons (Fsp3) is 0.353. The molecule has 0 spiro atoms. The lowest BCUT2D eigenvalue weighted by Gasteiger charge is -2.20. The highest BCUT2D eigenvalue weighted by Crippen LogP contribution is 2.29. The number of hydrogen-bond donors (Lipinski definition) is 2. The van der Waals surface area contributed by atoms with Gasteiger partial charge in [-0.3, -0.25) is 4.79 Å². The fourth-order valence-electron chi connectivity index (χ4n) is 3.32. The molecule has 2 aliphatic heterocycles. The molecule has 1 aromatic heterocycles. The Hall–Kier alpha value is -2.27. The number of amides is 1. The SMILES string of the molecule is O=C(N[C@@H]1C[C@H]2CC[C@@H]1N2)c1ccc(Oc2ccccc2)o1. The maximum Gasteiger partial charge on any atom is 0.290 e. The molecule has 2 fully saturated rings. The highest BCUT2D eigenvalue weighted by atomic mass is 16.6. The number of carbonyl (C=O) groups excluding carboxylic acids is 1. The standard InChI is InChI=1S/C17H18N2O3/c20-17(19-14-10-11-6-7-13(14)18-11)15-8-9-16(22-15)21-12-4-2-1-3-5-12/h1-5,8-9,11,13-14,18H,6-7,10H2,(H,19,20)/t11-,13+,14-/m1/s1. The number of ether oxygens (including phenoxy) is 1. The third kappa shape index (κ3) is 2.60. The van der Waals surface area contributed by atoms with Crippen molar-refractivity contribution in [2.45, 2.75) is 37.4 Å². The summed E-state index contributed by atoms with van der Waals surface area (Å²) in [4.78, 5) is 12.3. The van der Waals surface area contributed by atoms with E-state index in [0.29, 0.717) is 23.8 Å². The molecule has 2 bridgehead atoms. The van der Waals surface area contributed by atoms with E-state index in [-0.39, 0.29) is 17.7 Å². The minimum Gasteiger partial charge on any atom is -0.426 e. The van der Waals surface area contributed by atoms with Crippen LogP contribution in [-0.4, -0.2) is 24.0 Å². The van der Waals surface area contributed by atoms with E-state index < -0.39 is 0 Å². The molecule has 5 heteroatoms. The van der Waals surface area contributed by atoms with Gasteiger partial charge in [-0.05, 0) is 37.5 Å². The minimum absolute atomic E-state index is 0.178. The monoisotopic (exact) mass is 298 g/mol. The van der Waals surface area contributed by atoms with Gasteiger partial charge in [0.2, 0.25) is 0 Å². The minimum atomic E-state index is -0.178. The zero-order valence-corrected chi connectivity index (χ0v) is 12.1. The van der Waals surface area contributed by atoms with Crippen molar-refractivity contribution in [3.05, 3.63) is 48.2 Å². The van der Waals surface area contributed by atoms with Gasteiger partial charge in [-0.2, -0.15) is 0 Å². The third-order valence-corrected chi connectivity index (χ3v) is 4.38. The van der Waals surface area contributed by atoms with E-state index in [9.17, 15) is 4.79 Å². The molecule has 0 aliphatic carbocycles. The van der Waals surface area contributed by atoms with Crippen molar-refractivity contribution in [3.8, 4) is 11.7 Å². The second-order valence-corrected chi connectivity index (χ2v) is 5.90. The molecule has 4 rings (SSSR count).